The molecule has 37 heavy (non-hydrogen) atoms. The Morgan fingerprint density at radius 1 is 1.05 bits per heavy atom. The number of ether oxygens (including phenoxy) is 2. The summed E-state index contributed by atoms with van der Waals surface area (Å²) in [6.07, 6.45) is 3.45. The van der Waals surface area contributed by atoms with Crippen molar-refractivity contribution in [2.75, 3.05) is 19.5 Å². The van der Waals surface area contributed by atoms with Gasteiger partial charge in [0.05, 0.1) is 26.1 Å². The summed E-state index contributed by atoms with van der Waals surface area (Å²) in [5.74, 6) is 0.891. The number of nitrogens with zero attached hydrogens (tertiary/aromatic N) is 4. The lowest BCUT2D eigenvalue weighted by atomic mass is 10.1. The molecule has 1 amide bonds. The second-order valence-electron chi connectivity index (χ2n) is 8.08. The molecule has 5 aromatic rings. The molecule has 0 saturated heterocycles. The molecule has 2 aromatic heterocycles. The number of carbonyl (C=O) groups excluding carboxylic acids is 1. The molecule has 9 nitrogen and oxygen atoms in total. The number of amides is 1. The summed E-state index contributed by atoms with van der Waals surface area (Å²) in [7, 11) is 3.06. The third-order valence-electron chi connectivity index (χ3n) is 5.59. The van der Waals surface area contributed by atoms with Gasteiger partial charge in [-0.2, -0.15) is 4.98 Å². The van der Waals surface area contributed by atoms with Crippen molar-refractivity contribution in [3.63, 3.8) is 0 Å². The van der Waals surface area contributed by atoms with E-state index in [0.29, 0.717) is 40.6 Å². The molecule has 0 fully saturated rings. The first-order valence-electron chi connectivity index (χ1n) is 11.3. The Labute approximate surface area is 211 Å². The Balaban J connectivity index is 1.23. The van der Waals surface area contributed by atoms with Crippen molar-refractivity contribution < 1.29 is 23.2 Å². The highest BCUT2D eigenvalue weighted by Gasteiger charge is 2.15. The van der Waals surface area contributed by atoms with Crippen molar-refractivity contribution >= 4 is 11.6 Å². The molecule has 5 rings (SSSR count). The van der Waals surface area contributed by atoms with E-state index >= 15 is 0 Å². The second kappa shape index (κ2) is 10.3. The van der Waals surface area contributed by atoms with Crippen LogP contribution in [0.25, 0.3) is 23.0 Å². The van der Waals surface area contributed by atoms with Gasteiger partial charge in [-0.15, -0.1) is 0 Å². The van der Waals surface area contributed by atoms with Crippen LogP contribution >= 0.6 is 0 Å². The van der Waals surface area contributed by atoms with Gasteiger partial charge in [-0.05, 0) is 42.0 Å². The number of nitrogens with one attached hydrogen (secondary N) is 1. The SMILES string of the molecule is COc1ccc(C(=O)Nc2ccc(Cn3cnc(-c4nc(-c5cccc(F)c5)no4)c3)cc2)c(OC)c1. The summed E-state index contributed by atoms with van der Waals surface area (Å²) >= 11 is 0. The highest BCUT2D eigenvalue weighted by Crippen LogP contribution is 2.26. The van der Waals surface area contributed by atoms with Crippen LogP contribution in [0.5, 0.6) is 11.5 Å². The zero-order chi connectivity index (χ0) is 25.8. The van der Waals surface area contributed by atoms with Gasteiger partial charge in [-0.3, -0.25) is 4.79 Å². The minimum absolute atomic E-state index is 0.241. The predicted octanol–water partition coefficient (Wildman–Crippen LogP) is 5.06. The van der Waals surface area contributed by atoms with Crippen LogP contribution in [0, 0.1) is 5.82 Å². The van der Waals surface area contributed by atoms with E-state index in [2.05, 4.69) is 20.4 Å². The van der Waals surface area contributed by atoms with Crippen molar-refractivity contribution in [1.29, 1.82) is 0 Å². The molecular weight excluding hydrogens is 477 g/mol. The van der Waals surface area contributed by atoms with Crippen LogP contribution in [0.1, 0.15) is 15.9 Å². The van der Waals surface area contributed by atoms with Crippen LogP contribution in [0.2, 0.25) is 0 Å². The maximum absolute atomic E-state index is 13.5. The lowest BCUT2D eigenvalue weighted by Gasteiger charge is -2.11. The molecule has 0 atom stereocenters. The monoisotopic (exact) mass is 499 g/mol. The fourth-order valence-corrected chi connectivity index (χ4v) is 3.72. The quantitative estimate of drug-likeness (QED) is 0.318. The van der Waals surface area contributed by atoms with Crippen LogP contribution in [0.4, 0.5) is 10.1 Å². The van der Waals surface area contributed by atoms with Gasteiger partial charge in [0.1, 0.15) is 23.0 Å². The smallest absolute Gasteiger partial charge is 0.278 e. The summed E-state index contributed by atoms with van der Waals surface area (Å²) in [5.41, 5.74) is 3.07. The first-order chi connectivity index (χ1) is 18.0. The van der Waals surface area contributed by atoms with Gasteiger partial charge in [0.15, 0.2) is 0 Å². The van der Waals surface area contributed by atoms with Crippen molar-refractivity contribution in [1.82, 2.24) is 19.7 Å². The molecule has 10 heteroatoms. The van der Waals surface area contributed by atoms with E-state index in [0.717, 1.165) is 5.56 Å². The Bertz CT molecular complexity index is 1540. The first kappa shape index (κ1) is 23.7. The number of benzene rings is 3. The molecule has 2 heterocycles. The largest absolute Gasteiger partial charge is 0.497 e. The molecule has 3 aromatic carbocycles. The number of rotatable bonds is 8. The van der Waals surface area contributed by atoms with Gasteiger partial charge in [0.25, 0.3) is 11.8 Å². The summed E-state index contributed by atoms with van der Waals surface area (Å²) in [5, 5.41) is 6.80. The third kappa shape index (κ3) is 5.32. The van der Waals surface area contributed by atoms with Gasteiger partial charge in [-0.1, -0.05) is 29.4 Å². The van der Waals surface area contributed by atoms with E-state index < -0.39 is 0 Å². The zero-order valence-corrected chi connectivity index (χ0v) is 20.0. The average Bonchev–Trinajstić information content (AvgIpc) is 3.59. The molecule has 0 unspecified atom stereocenters. The third-order valence-corrected chi connectivity index (χ3v) is 5.59. The number of methoxy groups -OCH3 is 2. The minimum atomic E-state index is -0.376. The number of hydrogen-bond donors (Lipinski definition) is 1. The number of aromatic nitrogens is 4. The maximum Gasteiger partial charge on any atom is 0.278 e. The van der Waals surface area contributed by atoms with Crippen LogP contribution < -0.4 is 14.8 Å². The van der Waals surface area contributed by atoms with Crippen molar-refractivity contribution in [2.45, 2.75) is 6.54 Å². The molecule has 186 valence electrons. The minimum Gasteiger partial charge on any atom is -0.497 e. The van der Waals surface area contributed by atoms with E-state index in [1.165, 1.54) is 19.2 Å². The van der Waals surface area contributed by atoms with E-state index in [1.54, 1.807) is 50.0 Å². The van der Waals surface area contributed by atoms with E-state index in [9.17, 15) is 9.18 Å². The number of halogens is 1. The Hall–Kier alpha value is -4.99. The maximum atomic E-state index is 13.5. The predicted molar refractivity (Wildman–Crippen MR) is 134 cm³/mol. The van der Waals surface area contributed by atoms with Gasteiger partial charge >= 0.3 is 0 Å². The molecule has 0 aliphatic heterocycles. The molecule has 0 bridgehead atoms. The van der Waals surface area contributed by atoms with Crippen molar-refractivity contribution in [2.24, 2.45) is 0 Å². The van der Waals surface area contributed by atoms with Crippen molar-refractivity contribution in [3.05, 3.63) is 96.2 Å². The fraction of sp³-hybridized carbons (Fsp3) is 0.111. The van der Waals surface area contributed by atoms with Crippen molar-refractivity contribution in [3.8, 4) is 34.5 Å². The first-order valence-corrected chi connectivity index (χ1v) is 11.3. The van der Waals surface area contributed by atoms with Gasteiger partial charge in [0.2, 0.25) is 5.82 Å². The van der Waals surface area contributed by atoms with Gasteiger partial charge in [-0.25, -0.2) is 9.37 Å². The van der Waals surface area contributed by atoms with Gasteiger partial charge in [0, 0.05) is 30.1 Å². The lowest BCUT2D eigenvalue weighted by molar-refractivity contribution is 0.102. The topological polar surface area (TPSA) is 104 Å². The summed E-state index contributed by atoms with van der Waals surface area (Å²) in [4.78, 5) is 21.4. The van der Waals surface area contributed by atoms with E-state index in [-0.39, 0.29) is 23.4 Å². The molecular formula is C27H22FN5O4. The highest BCUT2D eigenvalue weighted by atomic mass is 19.1. The number of imidazole rings is 1. The Morgan fingerprint density at radius 3 is 2.65 bits per heavy atom. The van der Waals surface area contributed by atoms with Crippen LogP contribution in [0.3, 0.4) is 0 Å². The normalized spacial score (nSPS) is 10.8. The Kier molecular flexibility index (Phi) is 6.62. The number of anilines is 1. The average molecular weight is 500 g/mol. The number of carbonyl (C=O) groups is 1. The zero-order valence-electron chi connectivity index (χ0n) is 20.0. The standard InChI is InChI=1S/C27H22FN5O4/c1-35-21-10-11-22(24(13-21)36-2)26(34)30-20-8-6-17(7-9-20)14-33-15-23(29-16-33)27-31-25(32-37-27)18-4-3-5-19(28)12-18/h3-13,15-16H,14H2,1-2H3,(H,30,34). The summed E-state index contributed by atoms with van der Waals surface area (Å²) in [6.45, 7) is 0.540. The summed E-state index contributed by atoms with van der Waals surface area (Å²) < 4.78 is 31.2. The second-order valence-corrected chi connectivity index (χ2v) is 8.08. The molecule has 0 spiro atoms. The lowest BCUT2D eigenvalue weighted by Crippen LogP contribution is -2.13. The highest BCUT2D eigenvalue weighted by molar-refractivity contribution is 6.06. The molecule has 0 saturated carbocycles. The van der Waals surface area contributed by atoms with Crippen LogP contribution in [-0.4, -0.2) is 39.8 Å². The van der Waals surface area contributed by atoms with E-state index in [1.807, 2.05) is 28.8 Å². The van der Waals surface area contributed by atoms with Gasteiger partial charge < -0.3 is 23.9 Å². The molecule has 0 radical (unpaired) electrons. The molecule has 1 N–H and O–H groups in total. The summed E-state index contributed by atoms with van der Waals surface area (Å²) in [6, 6.07) is 18.5. The van der Waals surface area contributed by atoms with Crippen LogP contribution in [-0.2, 0) is 6.54 Å². The molecule has 0 aliphatic carbocycles. The Morgan fingerprint density at radius 2 is 1.89 bits per heavy atom. The van der Waals surface area contributed by atoms with E-state index in [4.69, 9.17) is 14.0 Å². The van der Waals surface area contributed by atoms with Crippen LogP contribution in [0.15, 0.2) is 83.8 Å². The molecule has 0 aliphatic rings. The fourth-order valence-electron chi connectivity index (χ4n) is 3.72. The number of hydrogen-bond acceptors (Lipinski definition) is 7.